The highest BCUT2D eigenvalue weighted by Gasteiger charge is 2.25. The van der Waals surface area contributed by atoms with E-state index in [1.165, 1.54) is 19.6 Å². The van der Waals surface area contributed by atoms with Crippen molar-refractivity contribution >= 4 is 17.8 Å². The van der Waals surface area contributed by atoms with Crippen molar-refractivity contribution in [3.63, 3.8) is 0 Å². The zero-order chi connectivity index (χ0) is 23.5. The predicted molar refractivity (Wildman–Crippen MR) is 123 cm³/mol. The number of methoxy groups -OCH3 is 1. The molecule has 0 aromatic heterocycles. The second kappa shape index (κ2) is 13.0. The second-order valence-corrected chi connectivity index (χ2v) is 8.98. The van der Waals surface area contributed by atoms with Crippen LogP contribution in [0.2, 0.25) is 0 Å². The fourth-order valence-electron chi connectivity index (χ4n) is 3.95. The Morgan fingerprint density at radius 3 is 2.59 bits per heavy atom. The molecule has 1 aromatic carbocycles. The van der Waals surface area contributed by atoms with Crippen molar-refractivity contribution in [3.05, 3.63) is 29.6 Å². The third-order valence-corrected chi connectivity index (χ3v) is 5.82. The minimum Gasteiger partial charge on any atom is -0.494 e. The summed E-state index contributed by atoms with van der Waals surface area (Å²) < 4.78 is 18.6. The summed E-state index contributed by atoms with van der Waals surface area (Å²) in [6.07, 6.45) is 7.33. The van der Waals surface area contributed by atoms with Crippen LogP contribution in [0.1, 0.15) is 70.8 Å². The normalized spacial score (nSPS) is 15.2. The Morgan fingerprint density at radius 2 is 1.94 bits per heavy atom. The number of carbonyl (C=O) groups is 2. The minimum atomic E-state index is -0.627. The van der Waals surface area contributed by atoms with Crippen LogP contribution >= 0.6 is 0 Å². The quantitative estimate of drug-likeness (QED) is 0.322. The summed E-state index contributed by atoms with van der Waals surface area (Å²) in [4.78, 5) is 25.0. The Bertz CT molecular complexity index is 779. The molecule has 1 fully saturated rings. The molecule has 0 spiro atoms. The molecule has 32 heavy (non-hydrogen) atoms. The standard InChI is InChI=1S/C24H37FN4O3/c1-16(2)9-12-22(30)29-24(26)28-20(13-17-7-5-4-6-8-17)23(31)27-15-18-10-11-19(25)21(14-18)32-3/h10-11,14,16-17,20H,4-9,12-13,15H2,1-3H3,(H,27,31)(H3,26,28,29,30)/t20-/m1/s1. The lowest BCUT2D eigenvalue weighted by atomic mass is 9.84. The van der Waals surface area contributed by atoms with Gasteiger partial charge in [-0.2, -0.15) is 0 Å². The van der Waals surface area contributed by atoms with E-state index >= 15 is 0 Å². The van der Waals surface area contributed by atoms with Crippen LogP contribution in [-0.4, -0.2) is 30.9 Å². The van der Waals surface area contributed by atoms with Crippen LogP contribution in [0.4, 0.5) is 4.39 Å². The average molecular weight is 449 g/mol. The lowest BCUT2D eigenvalue weighted by Gasteiger charge is -2.27. The molecule has 1 atom stereocenters. The number of carbonyl (C=O) groups excluding carboxylic acids is 2. The molecule has 0 unspecified atom stereocenters. The highest BCUT2D eigenvalue weighted by molar-refractivity contribution is 5.97. The van der Waals surface area contributed by atoms with E-state index in [9.17, 15) is 14.0 Å². The maximum Gasteiger partial charge on any atom is 0.242 e. The molecule has 1 aromatic rings. The van der Waals surface area contributed by atoms with E-state index in [1.807, 2.05) is 13.8 Å². The number of rotatable bonds is 10. The number of nitrogens with one attached hydrogen (secondary N) is 4. The van der Waals surface area contributed by atoms with Crippen molar-refractivity contribution < 1.29 is 18.7 Å². The van der Waals surface area contributed by atoms with Crippen molar-refractivity contribution in [1.82, 2.24) is 16.0 Å². The third kappa shape index (κ3) is 8.85. The molecule has 1 aliphatic carbocycles. The molecule has 2 rings (SSSR count). The molecule has 0 aliphatic heterocycles. The monoisotopic (exact) mass is 448 g/mol. The van der Waals surface area contributed by atoms with Gasteiger partial charge in [0.15, 0.2) is 17.5 Å². The maximum absolute atomic E-state index is 13.6. The molecule has 8 heteroatoms. The molecule has 0 bridgehead atoms. The van der Waals surface area contributed by atoms with Crippen LogP contribution < -0.4 is 20.7 Å². The van der Waals surface area contributed by atoms with E-state index in [2.05, 4.69) is 16.0 Å². The number of hydrogen-bond acceptors (Lipinski definition) is 4. The number of amides is 2. The van der Waals surface area contributed by atoms with Crippen molar-refractivity contribution in [2.45, 2.75) is 77.8 Å². The van der Waals surface area contributed by atoms with E-state index in [0.717, 1.165) is 32.1 Å². The highest BCUT2D eigenvalue weighted by atomic mass is 19.1. The van der Waals surface area contributed by atoms with Gasteiger partial charge in [-0.05, 0) is 42.4 Å². The van der Waals surface area contributed by atoms with Crippen LogP contribution in [0.3, 0.4) is 0 Å². The molecule has 0 heterocycles. The van der Waals surface area contributed by atoms with Gasteiger partial charge >= 0.3 is 0 Å². The van der Waals surface area contributed by atoms with E-state index in [1.54, 1.807) is 12.1 Å². The number of benzene rings is 1. The topological polar surface area (TPSA) is 103 Å². The van der Waals surface area contributed by atoms with Crippen LogP contribution in [0.25, 0.3) is 0 Å². The molecule has 0 saturated heterocycles. The van der Waals surface area contributed by atoms with E-state index in [0.29, 0.717) is 30.2 Å². The summed E-state index contributed by atoms with van der Waals surface area (Å²) in [5.74, 6) is -0.162. The Labute approximate surface area is 190 Å². The first-order valence-electron chi connectivity index (χ1n) is 11.5. The van der Waals surface area contributed by atoms with Gasteiger partial charge in [-0.15, -0.1) is 0 Å². The van der Waals surface area contributed by atoms with Gasteiger partial charge in [-0.25, -0.2) is 4.39 Å². The average Bonchev–Trinajstić information content (AvgIpc) is 2.77. The summed E-state index contributed by atoms with van der Waals surface area (Å²) in [6, 6.07) is 3.83. The van der Waals surface area contributed by atoms with Gasteiger partial charge in [-0.3, -0.25) is 20.3 Å². The molecule has 0 radical (unpaired) electrons. The first-order chi connectivity index (χ1) is 15.3. The number of halogens is 1. The van der Waals surface area contributed by atoms with Crippen LogP contribution in [0, 0.1) is 23.1 Å². The Hall–Kier alpha value is -2.64. The number of guanidine groups is 1. The predicted octanol–water partition coefficient (Wildman–Crippen LogP) is 3.87. The molecule has 4 N–H and O–H groups in total. The van der Waals surface area contributed by atoms with Gasteiger partial charge in [0.1, 0.15) is 6.04 Å². The minimum absolute atomic E-state index is 0.125. The first-order valence-corrected chi connectivity index (χ1v) is 11.5. The van der Waals surface area contributed by atoms with Crippen LogP contribution in [0.5, 0.6) is 5.75 Å². The van der Waals surface area contributed by atoms with Gasteiger partial charge in [0.05, 0.1) is 7.11 Å². The third-order valence-electron chi connectivity index (χ3n) is 5.82. The first kappa shape index (κ1) is 25.6. The summed E-state index contributed by atoms with van der Waals surface area (Å²) in [5, 5.41) is 16.5. The van der Waals surface area contributed by atoms with E-state index < -0.39 is 11.9 Å². The van der Waals surface area contributed by atoms with Crippen molar-refractivity contribution in [1.29, 1.82) is 5.41 Å². The Balaban J connectivity index is 1.97. The fraction of sp³-hybridized carbons (Fsp3) is 0.625. The highest BCUT2D eigenvalue weighted by Crippen LogP contribution is 2.27. The fourth-order valence-corrected chi connectivity index (χ4v) is 3.95. The van der Waals surface area contributed by atoms with Gasteiger partial charge in [0, 0.05) is 13.0 Å². The number of ether oxygens (including phenoxy) is 1. The summed E-state index contributed by atoms with van der Waals surface area (Å²) >= 11 is 0. The van der Waals surface area contributed by atoms with Gasteiger partial charge in [-0.1, -0.05) is 52.0 Å². The summed E-state index contributed by atoms with van der Waals surface area (Å²) in [5.41, 5.74) is 0.713. The lowest BCUT2D eigenvalue weighted by Crippen LogP contribution is -2.52. The molecule has 1 saturated carbocycles. The summed E-state index contributed by atoms with van der Waals surface area (Å²) in [7, 11) is 1.39. The molecular formula is C24H37FN4O3. The Kier molecular flexibility index (Phi) is 10.4. The zero-order valence-corrected chi connectivity index (χ0v) is 19.4. The van der Waals surface area contributed by atoms with Crippen LogP contribution in [-0.2, 0) is 16.1 Å². The van der Waals surface area contributed by atoms with Gasteiger partial charge in [0.2, 0.25) is 11.8 Å². The van der Waals surface area contributed by atoms with Crippen molar-refractivity contribution in [2.24, 2.45) is 11.8 Å². The SMILES string of the molecule is COc1cc(CNC(=O)[C@@H](CC2CCCCC2)NC(=N)NC(=O)CCC(C)C)ccc1F. The van der Waals surface area contributed by atoms with Crippen LogP contribution in [0.15, 0.2) is 18.2 Å². The van der Waals surface area contributed by atoms with Gasteiger partial charge in [0.25, 0.3) is 0 Å². The van der Waals surface area contributed by atoms with Crippen molar-refractivity contribution in [3.8, 4) is 5.75 Å². The molecule has 2 amide bonds. The molecule has 1 aliphatic rings. The Morgan fingerprint density at radius 1 is 1.22 bits per heavy atom. The molecular weight excluding hydrogens is 411 g/mol. The maximum atomic E-state index is 13.6. The van der Waals surface area contributed by atoms with E-state index in [4.69, 9.17) is 10.1 Å². The molecule has 7 nitrogen and oxygen atoms in total. The van der Waals surface area contributed by atoms with Crippen molar-refractivity contribution in [2.75, 3.05) is 7.11 Å². The smallest absolute Gasteiger partial charge is 0.242 e. The van der Waals surface area contributed by atoms with Gasteiger partial charge < -0.3 is 15.4 Å². The van der Waals surface area contributed by atoms with E-state index in [-0.39, 0.29) is 30.1 Å². The largest absolute Gasteiger partial charge is 0.494 e. The lowest BCUT2D eigenvalue weighted by molar-refractivity contribution is -0.124. The molecule has 178 valence electrons. The number of hydrogen-bond donors (Lipinski definition) is 4. The summed E-state index contributed by atoms with van der Waals surface area (Å²) in [6.45, 7) is 4.29. The second-order valence-electron chi connectivity index (χ2n) is 8.98. The zero-order valence-electron chi connectivity index (χ0n) is 19.4.